The van der Waals surface area contributed by atoms with Crippen molar-refractivity contribution in [2.24, 2.45) is 52.3 Å². The molecule has 0 bridgehead atoms. The summed E-state index contributed by atoms with van der Waals surface area (Å²) in [7, 11) is 0. The van der Waals surface area contributed by atoms with Crippen LogP contribution in [0.1, 0.15) is 112 Å². The Labute approximate surface area is 212 Å². The largest absolute Gasteiger partial charge is 0.462 e. The maximum absolute atomic E-state index is 13.1. The highest BCUT2D eigenvalue weighted by Gasteiger charge is 2.72. The Bertz CT molecular complexity index is 842. The van der Waals surface area contributed by atoms with E-state index >= 15 is 0 Å². The van der Waals surface area contributed by atoms with Crippen LogP contribution in [0.25, 0.3) is 0 Å². The van der Waals surface area contributed by atoms with E-state index in [1.807, 2.05) is 0 Å². The predicted octanol–water partition coefficient (Wildman–Crippen LogP) is 6.45. The number of hydroxylamine groups is 1. The fraction of sp³-hybridized carbons (Fsp3) is 0.933. The Kier molecular flexibility index (Phi) is 6.59. The van der Waals surface area contributed by atoms with Gasteiger partial charge in [0, 0.05) is 13.3 Å². The number of hydrogen-bond acceptors (Lipinski definition) is 5. The Morgan fingerprint density at radius 1 is 1.09 bits per heavy atom. The van der Waals surface area contributed by atoms with Gasteiger partial charge in [-0.3, -0.25) is 4.79 Å². The molecule has 35 heavy (non-hydrogen) atoms. The van der Waals surface area contributed by atoms with Crippen LogP contribution < -0.4 is 5.48 Å². The molecule has 0 aromatic carbocycles. The highest BCUT2D eigenvalue weighted by atomic mass is 16.7. The van der Waals surface area contributed by atoms with Gasteiger partial charge in [0.25, 0.3) is 0 Å². The van der Waals surface area contributed by atoms with Crippen LogP contribution in [0.3, 0.4) is 0 Å². The lowest BCUT2D eigenvalue weighted by molar-refractivity contribution is -0.183. The normalized spacial score (nSPS) is 47.3. The van der Waals surface area contributed by atoms with Gasteiger partial charge in [0.15, 0.2) is 0 Å². The molecule has 4 saturated carbocycles. The van der Waals surface area contributed by atoms with Crippen LogP contribution >= 0.6 is 0 Å². The average Bonchev–Trinajstić information content (AvgIpc) is 3.29. The number of carbonyl (C=O) groups is 2. The van der Waals surface area contributed by atoms with E-state index in [1.165, 1.54) is 51.9 Å². The van der Waals surface area contributed by atoms with Crippen LogP contribution in [0.5, 0.6) is 0 Å². The minimum atomic E-state index is -0.403. The van der Waals surface area contributed by atoms with Crippen molar-refractivity contribution in [3.05, 3.63) is 0 Å². The SMILES string of the molecule is CC(=O)O[C@H]1CC[C@]2(C)[C@H]3CC[C@]4(C)[C@@H]([C@H](C)CCCC(C)C)CC[C@H]4[C@@H]3C[C@@H]3C(=O)ON[C@@]32C1. The number of rotatable bonds is 6. The van der Waals surface area contributed by atoms with Gasteiger partial charge in [-0.1, -0.05) is 53.9 Å². The van der Waals surface area contributed by atoms with Crippen LogP contribution in [0.15, 0.2) is 0 Å². The van der Waals surface area contributed by atoms with Crippen LogP contribution in [-0.2, 0) is 19.2 Å². The van der Waals surface area contributed by atoms with E-state index in [9.17, 15) is 9.59 Å². The van der Waals surface area contributed by atoms with Crippen molar-refractivity contribution in [1.82, 2.24) is 5.48 Å². The van der Waals surface area contributed by atoms with Crippen molar-refractivity contribution < 1.29 is 19.2 Å². The zero-order chi connectivity index (χ0) is 25.2. The number of fused-ring (bicyclic) bond motifs is 4. The average molecular weight is 488 g/mol. The van der Waals surface area contributed by atoms with E-state index in [2.05, 4.69) is 40.1 Å². The Balaban J connectivity index is 1.39. The van der Waals surface area contributed by atoms with Crippen LogP contribution in [0, 0.1) is 52.3 Å². The van der Waals surface area contributed by atoms with Gasteiger partial charge in [0.1, 0.15) is 6.10 Å². The van der Waals surface area contributed by atoms with E-state index < -0.39 is 5.54 Å². The molecule has 4 aliphatic carbocycles. The third-order valence-electron chi connectivity index (χ3n) is 12.1. The molecule has 5 heteroatoms. The quantitative estimate of drug-likeness (QED) is 0.436. The standard InChI is InChI=1S/C30H49NO4/c1-18(2)8-7-9-19(3)23-10-11-24-22-16-26-27(33)35-31-30(26)17-21(34-20(4)32)12-15-29(30,6)25(22)13-14-28(23,24)5/h18-19,21-26,31H,7-17H2,1-6H3/t19-,21+,22+,23-,24+,25+,26-,28-,29-,30+/m1/s1. The zero-order valence-corrected chi connectivity index (χ0v) is 23.0. The second-order valence-electron chi connectivity index (χ2n) is 14.1. The fourth-order valence-corrected chi connectivity index (χ4v) is 10.4. The van der Waals surface area contributed by atoms with Gasteiger partial charge in [-0.25, -0.2) is 4.79 Å². The first-order valence-corrected chi connectivity index (χ1v) is 14.7. The predicted molar refractivity (Wildman–Crippen MR) is 136 cm³/mol. The third kappa shape index (κ3) is 3.89. The Morgan fingerprint density at radius 2 is 1.86 bits per heavy atom. The summed E-state index contributed by atoms with van der Waals surface area (Å²) >= 11 is 0. The summed E-state index contributed by atoms with van der Waals surface area (Å²) in [6.07, 6.45) is 12.7. The maximum Gasteiger partial charge on any atom is 0.329 e. The van der Waals surface area contributed by atoms with Gasteiger partial charge in [-0.15, -0.1) is 5.48 Å². The summed E-state index contributed by atoms with van der Waals surface area (Å²) in [5.41, 5.74) is 3.28. The summed E-state index contributed by atoms with van der Waals surface area (Å²) in [5.74, 6) is 3.88. The molecule has 0 radical (unpaired) electrons. The smallest absolute Gasteiger partial charge is 0.329 e. The summed E-state index contributed by atoms with van der Waals surface area (Å²) in [6.45, 7) is 13.7. The minimum Gasteiger partial charge on any atom is -0.462 e. The van der Waals surface area contributed by atoms with Crippen molar-refractivity contribution in [3.63, 3.8) is 0 Å². The number of nitrogens with one attached hydrogen (secondary N) is 1. The molecular formula is C30H49NO4. The Morgan fingerprint density at radius 3 is 2.57 bits per heavy atom. The number of ether oxygens (including phenoxy) is 1. The molecular weight excluding hydrogens is 438 g/mol. The van der Waals surface area contributed by atoms with Crippen molar-refractivity contribution >= 4 is 11.9 Å². The number of esters is 1. The minimum absolute atomic E-state index is 0.00824. The molecule has 0 aromatic rings. The molecule has 5 fully saturated rings. The van der Waals surface area contributed by atoms with E-state index in [1.54, 1.807) is 0 Å². The highest BCUT2D eigenvalue weighted by Crippen LogP contribution is 2.71. The summed E-state index contributed by atoms with van der Waals surface area (Å²) in [5, 5.41) is 0. The lowest BCUT2D eigenvalue weighted by atomic mass is 9.40. The molecule has 5 nitrogen and oxygen atoms in total. The van der Waals surface area contributed by atoms with Crippen molar-refractivity contribution in [2.75, 3.05) is 0 Å². The molecule has 1 N–H and O–H groups in total. The summed E-state index contributed by atoms with van der Waals surface area (Å²) < 4.78 is 5.69. The second kappa shape index (κ2) is 9.03. The van der Waals surface area contributed by atoms with E-state index in [0.717, 1.165) is 37.0 Å². The summed E-state index contributed by atoms with van der Waals surface area (Å²) in [6, 6.07) is 0. The first-order valence-electron chi connectivity index (χ1n) is 14.7. The monoisotopic (exact) mass is 487 g/mol. The first-order chi connectivity index (χ1) is 16.5. The van der Waals surface area contributed by atoms with Gasteiger partial charge < -0.3 is 9.57 Å². The van der Waals surface area contributed by atoms with Crippen molar-refractivity contribution in [3.8, 4) is 0 Å². The molecule has 1 spiro atoms. The summed E-state index contributed by atoms with van der Waals surface area (Å²) in [4.78, 5) is 30.5. The van der Waals surface area contributed by atoms with Crippen LogP contribution in [0.4, 0.5) is 0 Å². The molecule has 0 unspecified atom stereocenters. The molecule has 5 aliphatic rings. The van der Waals surface area contributed by atoms with E-state index in [-0.39, 0.29) is 29.4 Å². The van der Waals surface area contributed by atoms with E-state index in [0.29, 0.717) is 29.6 Å². The first kappa shape index (κ1) is 25.5. The maximum atomic E-state index is 13.1. The van der Waals surface area contributed by atoms with Crippen molar-refractivity contribution in [1.29, 1.82) is 0 Å². The van der Waals surface area contributed by atoms with Crippen molar-refractivity contribution in [2.45, 2.75) is 124 Å². The van der Waals surface area contributed by atoms with E-state index in [4.69, 9.17) is 9.57 Å². The number of hydrogen-bond donors (Lipinski definition) is 1. The van der Waals surface area contributed by atoms with Gasteiger partial charge in [-0.2, -0.15) is 0 Å². The molecule has 1 saturated heterocycles. The molecule has 5 rings (SSSR count). The molecule has 198 valence electrons. The van der Waals surface area contributed by atoms with Gasteiger partial charge in [0.2, 0.25) is 0 Å². The van der Waals surface area contributed by atoms with Crippen LogP contribution in [-0.4, -0.2) is 23.6 Å². The van der Waals surface area contributed by atoms with Gasteiger partial charge in [0.05, 0.1) is 11.5 Å². The second-order valence-corrected chi connectivity index (χ2v) is 14.1. The molecule has 1 heterocycles. The fourth-order valence-electron chi connectivity index (χ4n) is 10.4. The van der Waals surface area contributed by atoms with Crippen LogP contribution in [0.2, 0.25) is 0 Å². The molecule has 1 aliphatic heterocycles. The number of carbonyl (C=O) groups excluding carboxylic acids is 2. The Hall–Kier alpha value is -1.10. The lowest BCUT2D eigenvalue weighted by Crippen LogP contribution is -2.69. The third-order valence-corrected chi connectivity index (χ3v) is 12.1. The zero-order valence-electron chi connectivity index (χ0n) is 23.0. The highest BCUT2D eigenvalue weighted by molar-refractivity contribution is 5.77. The lowest BCUT2D eigenvalue weighted by Gasteiger charge is -2.65. The molecule has 0 aromatic heterocycles. The topological polar surface area (TPSA) is 64.6 Å². The van der Waals surface area contributed by atoms with Gasteiger partial charge >= 0.3 is 11.9 Å². The molecule has 10 atom stereocenters. The molecule has 0 amide bonds. The van der Waals surface area contributed by atoms with Gasteiger partial charge in [-0.05, 0) is 91.3 Å².